The Morgan fingerprint density at radius 3 is 2.67 bits per heavy atom. The number of fused-ring (bicyclic) bond motifs is 1. The average molecular weight is 364 g/mol. The van der Waals surface area contributed by atoms with E-state index in [1.54, 1.807) is 18.2 Å². The Balaban J connectivity index is 0.00000280. The van der Waals surface area contributed by atoms with Crippen LogP contribution in [0.2, 0.25) is 0 Å². The number of pyridine rings is 1. The maximum Gasteiger partial charge on any atom is 0.231 e. The molecule has 0 aliphatic rings. The third-order valence-electron chi connectivity index (χ3n) is 4.60. The molecule has 0 spiro atoms. The molecule has 1 atom stereocenters. The number of nitrogens with one attached hydrogen (secondary N) is 1. The van der Waals surface area contributed by atoms with Crippen LogP contribution in [0.3, 0.4) is 0 Å². The van der Waals surface area contributed by atoms with E-state index in [-0.39, 0.29) is 13.2 Å². The molecular formula is C23H25FN2O. The zero-order valence-corrected chi connectivity index (χ0v) is 15.6. The zero-order chi connectivity index (χ0) is 19.4. The van der Waals surface area contributed by atoms with Crippen molar-refractivity contribution < 1.29 is 10.6 Å². The number of carbonyl (C=O) groups is 1. The van der Waals surface area contributed by atoms with Crippen molar-refractivity contribution in [1.82, 2.24) is 4.98 Å². The summed E-state index contributed by atoms with van der Waals surface area (Å²) in [6.07, 6.45) is 2.67. The van der Waals surface area contributed by atoms with E-state index in [1.165, 1.54) is 12.3 Å². The smallest absolute Gasteiger partial charge is 0.231 e. The highest BCUT2D eigenvalue weighted by Crippen LogP contribution is 2.32. The first-order valence-corrected chi connectivity index (χ1v) is 8.91. The summed E-state index contributed by atoms with van der Waals surface area (Å²) >= 11 is 0. The number of aromatic nitrogens is 1. The molecule has 0 fully saturated rings. The fourth-order valence-corrected chi connectivity index (χ4v) is 3.41. The van der Waals surface area contributed by atoms with Gasteiger partial charge in [0.2, 0.25) is 5.91 Å². The molecule has 27 heavy (non-hydrogen) atoms. The number of rotatable bonds is 6. The van der Waals surface area contributed by atoms with E-state index in [4.69, 9.17) is 0 Å². The van der Waals surface area contributed by atoms with Gasteiger partial charge in [-0.25, -0.2) is 4.39 Å². The molecular weight excluding hydrogens is 339 g/mol. The van der Waals surface area contributed by atoms with E-state index in [1.807, 2.05) is 44.2 Å². The van der Waals surface area contributed by atoms with Crippen molar-refractivity contribution in [2.24, 2.45) is 5.41 Å². The monoisotopic (exact) mass is 364 g/mol. The lowest BCUT2D eigenvalue weighted by molar-refractivity contribution is -0.124. The number of para-hydroxylation sites is 1. The van der Waals surface area contributed by atoms with Crippen LogP contribution in [0.5, 0.6) is 0 Å². The van der Waals surface area contributed by atoms with Crippen LogP contribution in [0, 0.1) is 11.2 Å². The number of anilines is 1. The number of benzene rings is 2. The fraction of sp³-hybridized carbons (Fsp3) is 0.217. The molecule has 1 aromatic heterocycles. The van der Waals surface area contributed by atoms with E-state index in [2.05, 4.69) is 16.9 Å². The first-order valence-electron chi connectivity index (χ1n) is 8.91. The normalized spacial score (nSPS) is 13.1. The summed E-state index contributed by atoms with van der Waals surface area (Å²) in [4.78, 5) is 17.3. The van der Waals surface area contributed by atoms with Crippen LogP contribution >= 0.6 is 0 Å². The van der Waals surface area contributed by atoms with Gasteiger partial charge in [0, 0.05) is 6.81 Å². The first kappa shape index (κ1) is 18.8. The number of hydrogen-bond donors (Lipinski definition) is 1. The Morgan fingerprint density at radius 1 is 1.22 bits per heavy atom. The molecule has 0 bridgehead atoms. The van der Waals surface area contributed by atoms with Crippen molar-refractivity contribution in [3.05, 3.63) is 84.3 Å². The molecule has 4 heteroatoms. The van der Waals surface area contributed by atoms with Crippen LogP contribution in [0.25, 0.3) is 10.9 Å². The van der Waals surface area contributed by atoms with Crippen LogP contribution in [-0.4, -0.2) is 10.9 Å². The molecule has 1 amide bonds. The number of hydrogen-bond acceptors (Lipinski definition) is 2. The minimum atomic E-state index is -0.649. The van der Waals surface area contributed by atoms with E-state index < -0.39 is 5.41 Å². The lowest BCUT2D eigenvalue weighted by atomic mass is 9.77. The van der Waals surface area contributed by atoms with Gasteiger partial charge in [-0.15, -0.1) is 6.58 Å². The molecule has 0 radical (unpaired) electrons. The predicted molar refractivity (Wildman–Crippen MR) is 110 cm³/mol. The summed E-state index contributed by atoms with van der Waals surface area (Å²) in [5, 5.41) is 3.61. The van der Waals surface area contributed by atoms with Crippen LogP contribution in [0.1, 0.15) is 27.3 Å². The van der Waals surface area contributed by atoms with Gasteiger partial charge in [-0.3, -0.25) is 9.78 Å². The standard InChI is InChI=1S/C23H23FN2O.H2/c1-16(2)13-23(3,14-17-8-5-4-6-9-17)22(27)26-19-12-18-10-7-11-20(24)21(18)25-15-19;/h4-12,15H,1,13-14H2,2-3H3,(H,26,27);1H/t23-;/m0./s1. The summed E-state index contributed by atoms with van der Waals surface area (Å²) in [5.41, 5.74) is 2.24. The molecule has 1 N–H and O–H groups in total. The van der Waals surface area contributed by atoms with Gasteiger partial charge in [0.25, 0.3) is 0 Å². The Hall–Kier alpha value is -3.01. The average Bonchev–Trinajstić information content (AvgIpc) is 2.62. The van der Waals surface area contributed by atoms with Crippen LogP contribution in [0.15, 0.2) is 72.9 Å². The van der Waals surface area contributed by atoms with Gasteiger partial charge >= 0.3 is 0 Å². The molecule has 3 aromatic rings. The summed E-state index contributed by atoms with van der Waals surface area (Å²) < 4.78 is 13.8. The highest BCUT2D eigenvalue weighted by molar-refractivity contribution is 5.97. The quantitative estimate of drug-likeness (QED) is 0.564. The zero-order valence-electron chi connectivity index (χ0n) is 15.6. The molecule has 0 unspecified atom stereocenters. The second kappa shape index (κ2) is 7.70. The van der Waals surface area contributed by atoms with E-state index in [0.29, 0.717) is 29.4 Å². The molecule has 140 valence electrons. The number of nitrogens with zero attached hydrogens (tertiary/aromatic N) is 1. The lowest BCUT2D eigenvalue weighted by Crippen LogP contribution is -2.36. The minimum Gasteiger partial charge on any atom is -0.324 e. The predicted octanol–water partition coefficient (Wildman–Crippen LogP) is 5.77. The first-order chi connectivity index (χ1) is 12.9. The summed E-state index contributed by atoms with van der Waals surface area (Å²) in [7, 11) is 0. The Bertz CT molecular complexity index is 990. The molecule has 1 heterocycles. The van der Waals surface area contributed by atoms with Gasteiger partial charge in [-0.05, 0) is 37.5 Å². The van der Waals surface area contributed by atoms with Crippen molar-refractivity contribution in [1.29, 1.82) is 0 Å². The Morgan fingerprint density at radius 2 is 1.96 bits per heavy atom. The summed E-state index contributed by atoms with van der Waals surface area (Å²) in [5.74, 6) is -0.478. The molecule has 0 saturated heterocycles. The van der Waals surface area contributed by atoms with E-state index in [0.717, 1.165) is 11.1 Å². The van der Waals surface area contributed by atoms with Crippen molar-refractivity contribution in [3.8, 4) is 0 Å². The molecule has 3 nitrogen and oxygen atoms in total. The van der Waals surface area contributed by atoms with Crippen molar-refractivity contribution >= 4 is 22.5 Å². The van der Waals surface area contributed by atoms with Crippen molar-refractivity contribution in [2.75, 3.05) is 5.32 Å². The Kier molecular flexibility index (Phi) is 5.36. The largest absolute Gasteiger partial charge is 0.324 e. The molecule has 3 rings (SSSR count). The molecule has 0 saturated carbocycles. The minimum absolute atomic E-state index is 0. The van der Waals surface area contributed by atoms with Crippen molar-refractivity contribution in [3.63, 3.8) is 0 Å². The van der Waals surface area contributed by atoms with Gasteiger partial charge in [-0.2, -0.15) is 0 Å². The maximum absolute atomic E-state index is 13.8. The van der Waals surface area contributed by atoms with Gasteiger partial charge in [0.1, 0.15) is 11.3 Å². The van der Waals surface area contributed by atoms with Crippen LogP contribution in [0.4, 0.5) is 10.1 Å². The number of amides is 1. The maximum atomic E-state index is 13.8. The highest BCUT2D eigenvalue weighted by Gasteiger charge is 2.33. The second-order valence-electron chi connectivity index (χ2n) is 7.35. The van der Waals surface area contributed by atoms with Crippen LogP contribution < -0.4 is 5.32 Å². The van der Waals surface area contributed by atoms with Crippen LogP contribution in [-0.2, 0) is 11.2 Å². The highest BCUT2D eigenvalue weighted by atomic mass is 19.1. The number of halogens is 1. The molecule has 0 aliphatic heterocycles. The summed E-state index contributed by atoms with van der Waals surface area (Å²) in [6.45, 7) is 7.86. The number of carbonyl (C=O) groups excluding carboxylic acids is 1. The van der Waals surface area contributed by atoms with Crippen molar-refractivity contribution in [2.45, 2.75) is 26.7 Å². The number of allylic oxidation sites excluding steroid dienone is 1. The molecule has 0 aliphatic carbocycles. The van der Waals surface area contributed by atoms with Gasteiger partial charge < -0.3 is 5.32 Å². The van der Waals surface area contributed by atoms with Gasteiger partial charge in [0.05, 0.1) is 17.3 Å². The third kappa shape index (κ3) is 4.40. The Labute approximate surface area is 160 Å². The van der Waals surface area contributed by atoms with Gasteiger partial charge in [-0.1, -0.05) is 55.0 Å². The fourth-order valence-electron chi connectivity index (χ4n) is 3.41. The third-order valence-corrected chi connectivity index (χ3v) is 4.60. The lowest BCUT2D eigenvalue weighted by Gasteiger charge is -2.29. The topological polar surface area (TPSA) is 42.0 Å². The van der Waals surface area contributed by atoms with E-state index >= 15 is 0 Å². The molecule has 2 aromatic carbocycles. The van der Waals surface area contributed by atoms with Gasteiger partial charge in [0.15, 0.2) is 0 Å². The summed E-state index contributed by atoms with van der Waals surface area (Å²) in [6, 6.07) is 16.5. The second-order valence-corrected chi connectivity index (χ2v) is 7.35. The SMILES string of the molecule is C=C(C)C[C@@](C)(Cc1ccccc1)C(=O)Nc1cnc2c(F)cccc2c1.[HH]. The van der Waals surface area contributed by atoms with E-state index in [9.17, 15) is 9.18 Å².